The van der Waals surface area contributed by atoms with E-state index in [1.807, 2.05) is 18.2 Å². The van der Waals surface area contributed by atoms with Gasteiger partial charge in [-0.1, -0.05) is 48.6 Å². The van der Waals surface area contributed by atoms with E-state index in [0.717, 1.165) is 6.42 Å². The van der Waals surface area contributed by atoms with E-state index in [0.29, 0.717) is 29.8 Å². The van der Waals surface area contributed by atoms with Gasteiger partial charge in [-0.15, -0.1) is 10.2 Å². The van der Waals surface area contributed by atoms with Crippen molar-refractivity contribution in [3.8, 4) is 0 Å². The van der Waals surface area contributed by atoms with Crippen molar-refractivity contribution in [3.63, 3.8) is 0 Å². The van der Waals surface area contributed by atoms with Crippen LogP contribution in [0.3, 0.4) is 0 Å². The smallest absolute Gasteiger partial charge is 0.239 e. The molecular formula is C18H23N5O2S. The van der Waals surface area contributed by atoms with E-state index in [4.69, 9.17) is 0 Å². The average molecular weight is 373 g/mol. The van der Waals surface area contributed by atoms with Gasteiger partial charge in [-0.3, -0.25) is 14.5 Å². The maximum atomic E-state index is 12.2. The predicted molar refractivity (Wildman–Crippen MR) is 103 cm³/mol. The molecule has 26 heavy (non-hydrogen) atoms. The first kappa shape index (κ1) is 18.3. The Bertz CT molecular complexity index is 764. The van der Waals surface area contributed by atoms with E-state index in [1.165, 1.54) is 16.9 Å². The Morgan fingerprint density at radius 2 is 2.12 bits per heavy atom. The lowest BCUT2D eigenvalue weighted by Gasteiger charge is -2.17. The van der Waals surface area contributed by atoms with Crippen molar-refractivity contribution in [2.45, 2.75) is 25.7 Å². The van der Waals surface area contributed by atoms with Gasteiger partial charge >= 0.3 is 0 Å². The second-order valence-corrected chi connectivity index (χ2v) is 7.42. The number of hydrogen-bond donors (Lipinski definition) is 1. The zero-order valence-corrected chi connectivity index (χ0v) is 15.8. The maximum Gasteiger partial charge on any atom is 0.239 e. The molecule has 2 aromatic rings. The van der Waals surface area contributed by atoms with Gasteiger partial charge in [0.15, 0.2) is 0 Å². The summed E-state index contributed by atoms with van der Waals surface area (Å²) in [4.78, 5) is 27.4. The normalized spacial score (nSPS) is 15.2. The van der Waals surface area contributed by atoms with Crippen molar-refractivity contribution in [1.82, 2.24) is 15.5 Å². The number of carbonyl (C=O) groups is 2. The molecular weight excluding hydrogens is 350 g/mol. The van der Waals surface area contributed by atoms with Crippen LogP contribution in [0.25, 0.3) is 0 Å². The molecule has 138 valence electrons. The first-order chi connectivity index (χ1) is 12.5. The first-order valence-electron chi connectivity index (χ1n) is 8.71. The number of likely N-dealkylation sites (N-methyl/N-ethyl adjacent to an activating group) is 1. The van der Waals surface area contributed by atoms with Crippen LogP contribution in [0.5, 0.6) is 0 Å². The van der Waals surface area contributed by atoms with Crippen molar-refractivity contribution < 1.29 is 9.59 Å². The summed E-state index contributed by atoms with van der Waals surface area (Å²) in [6.07, 6.45) is 1.42. The van der Waals surface area contributed by atoms with Crippen LogP contribution in [0.4, 0.5) is 10.3 Å². The third-order valence-corrected chi connectivity index (χ3v) is 5.45. The Balaban J connectivity index is 1.50. The fraction of sp³-hybridized carbons (Fsp3) is 0.444. The summed E-state index contributed by atoms with van der Waals surface area (Å²) in [7, 11) is 1.80. The monoisotopic (exact) mass is 373 g/mol. The van der Waals surface area contributed by atoms with Crippen LogP contribution in [-0.2, 0) is 9.59 Å². The van der Waals surface area contributed by atoms with E-state index < -0.39 is 0 Å². The van der Waals surface area contributed by atoms with Gasteiger partial charge in [0.1, 0.15) is 0 Å². The summed E-state index contributed by atoms with van der Waals surface area (Å²) in [5.74, 6) is 0.270. The Morgan fingerprint density at radius 1 is 1.35 bits per heavy atom. The number of anilines is 2. The van der Waals surface area contributed by atoms with Crippen LogP contribution in [0.15, 0.2) is 30.3 Å². The highest BCUT2D eigenvalue weighted by Gasteiger charge is 2.25. The van der Waals surface area contributed by atoms with Gasteiger partial charge in [0, 0.05) is 26.6 Å². The molecule has 0 unspecified atom stereocenters. The molecule has 0 radical (unpaired) electrons. The fourth-order valence-electron chi connectivity index (χ4n) is 2.83. The van der Waals surface area contributed by atoms with E-state index in [2.05, 4.69) is 34.6 Å². The minimum Gasteiger partial charge on any atom is -0.354 e. The minimum atomic E-state index is -0.0655. The molecule has 1 aromatic heterocycles. The van der Waals surface area contributed by atoms with Gasteiger partial charge in [0.25, 0.3) is 0 Å². The van der Waals surface area contributed by atoms with Crippen LogP contribution in [0.2, 0.25) is 0 Å². The van der Waals surface area contributed by atoms with Gasteiger partial charge in [-0.2, -0.15) is 0 Å². The fourth-order valence-corrected chi connectivity index (χ4v) is 3.68. The highest BCUT2D eigenvalue weighted by atomic mass is 32.1. The molecule has 0 bridgehead atoms. The topological polar surface area (TPSA) is 78.4 Å². The largest absolute Gasteiger partial charge is 0.354 e. The Morgan fingerprint density at radius 3 is 2.81 bits per heavy atom. The van der Waals surface area contributed by atoms with Gasteiger partial charge < -0.3 is 10.2 Å². The summed E-state index contributed by atoms with van der Waals surface area (Å²) in [6, 6.07) is 10.1. The van der Waals surface area contributed by atoms with Crippen LogP contribution in [0.1, 0.15) is 31.2 Å². The summed E-state index contributed by atoms with van der Waals surface area (Å²) in [5.41, 5.74) is 1.20. The zero-order valence-electron chi connectivity index (χ0n) is 15.0. The average Bonchev–Trinajstić information content (AvgIpc) is 3.29. The quantitative estimate of drug-likeness (QED) is 0.803. The predicted octanol–water partition coefficient (Wildman–Crippen LogP) is 2.02. The molecule has 8 heteroatoms. The molecule has 1 N–H and O–H groups in total. The summed E-state index contributed by atoms with van der Waals surface area (Å²) in [5, 5.41) is 12.4. The minimum absolute atomic E-state index is 0.0655. The van der Waals surface area contributed by atoms with Gasteiger partial charge in [-0.25, -0.2) is 0 Å². The number of nitrogens with one attached hydrogen (secondary N) is 1. The maximum absolute atomic E-state index is 12.2. The Labute approximate surface area is 157 Å². The van der Waals surface area contributed by atoms with E-state index in [1.54, 1.807) is 16.8 Å². The highest BCUT2D eigenvalue weighted by molar-refractivity contribution is 7.19. The highest BCUT2D eigenvalue weighted by Crippen LogP contribution is 2.29. The number of rotatable bonds is 7. The van der Waals surface area contributed by atoms with Crippen molar-refractivity contribution >= 4 is 33.4 Å². The second kappa shape index (κ2) is 8.27. The van der Waals surface area contributed by atoms with Crippen molar-refractivity contribution in [3.05, 3.63) is 35.9 Å². The van der Waals surface area contributed by atoms with E-state index in [9.17, 15) is 9.59 Å². The third-order valence-electron chi connectivity index (χ3n) is 4.39. The molecule has 1 aliphatic heterocycles. The molecule has 1 fully saturated rings. The molecule has 1 saturated heterocycles. The summed E-state index contributed by atoms with van der Waals surface area (Å²) < 4.78 is 0. The lowest BCUT2D eigenvalue weighted by atomic mass is 10.0. The van der Waals surface area contributed by atoms with Gasteiger partial charge in [-0.05, 0) is 17.9 Å². The standard InChI is InChI=1S/C18H23N5O2S/c1-13(14-7-4-3-5-8-14)11-19-15(24)12-22(2)17-20-21-18(26-17)23-10-6-9-16(23)25/h3-5,7-8,13H,6,9-12H2,1-2H3,(H,19,24)/t13-/m0/s1. The van der Waals surface area contributed by atoms with Gasteiger partial charge in [0.2, 0.25) is 22.1 Å². The summed E-state index contributed by atoms with van der Waals surface area (Å²) >= 11 is 1.33. The number of aromatic nitrogens is 2. The van der Waals surface area contributed by atoms with E-state index >= 15 is 0 Å². The molecule has 7 nitrogen and oxygen atoms in total. The van der Waals surface area contributed by atoms with E-state index in [-0.39, 0.29) is 24.3 Å². The van der Waals surface area contributed by atoms with Crippen molar-refractivity contribution in [2.75, 3.05) is 36.5 Å². The van der Waals surface area contributed by atoms with Crippen LogP contribution in [-0.4, -0.2) is 48.7 Å². The number of nitrogens with zero attached hydrogens (tertiary/aromatic N) is 4. The third kappa shape index (κ3) is 4.37. The first-order valence-corrected chi connectivity index (χ1v) is 9.53. The lowest BCUT2D eigenvalue weighted by molar-refractivity contribution is -0.120. The lowest BCUT2D eigenvalue weighted by Crippen LogP contribution is -2.36. The Kier molecular flexibility index (Phi) is 5.82. The Hall–Kier alpha value is -2.48. The molecule has 2 amide bonds. The molecule has 0 aliphatic carbocycles. The number of carbonyl (C=O) groups excluding carboxylic acids is 2. The number of amides is 2. The molecule has 1 atom stereocenters. The molecule has 0 spiro atoms. The van der Waals surface area contributed by atoms with Crippen molar-refractivity contribution in [1.29, 1.82) is 0 Å². The van der Waals surface area contributed by atoms with Crippen LogP contribution >= 0.6 is 11.3 Å². The van der Waals surface area contributed by atoms with Crippen LogP contribution < -0.4 is 15.1 Å². The molecule has 2 heterocycles. The molecule has 1 aliphatic rings. The number of hydrogen-bond acceptors (Lipinski definition) is 6. The molecule has 3 rings (SSSR count). The second-order valence-electron chi connectivity index (χ2n) is 6.49. The molecule has 0 saturated carbocycles. The zero-order chi connectivity index (χ0) is 18.5. The van der Waals surface area contributed by atoms with Gasteiger partial charge in [0.05, 0.1) is 6.54 Å². The SMILES string of the molecule is C[C@@H](CNC(=O)CN(C)c1nnc(N2CCCC2=O)s1)c1ccccc1. The summed E-state index contributed by atoms with van der Waals surface area (Å²) in [6.45, 7) is 3.56. The van der Waals surface area contributed by atoms with Crippen LogP contribution in [0, 0.1) is 0 Å². The van der Waals surface area contributed by atoms with Crippen molar-refractivity contribution in [2.24, 2.45) is 0 Å². The number of benzene rings is 1. The molecule has 1 aromatic carbocycles.